The summed E-state index contributed by atoms with van der Waals surface area (Å²) >= 11 is 0. The first kappa shape index (κ1) is 16.5. The van der Waals surface area contributed by atoms with Crippen molar-refractivity contribution in [3.8, 4) is 5.75 Å². The number of sulfonamides is 1. The number of benzene rings is 2. The maximum atomic E-state index is 12.1. The van der Waals surface area contributed by atoms with Crippen LogP contribution in [0.2, 0.25) is 0 Å². The van der Waals surface area contributed by atoms with Gasteiger partial charge in [-0.1, -0.05) is 31.2 Å². The minimum Gasteiger partial charge on any atom is -0.492 e. The van der Waals surface area contributed by atoms with E-state index in [0.717, 1.165) is 23.3 Å². The average molecular weight is 319 g/mol. The van der Waals surface area contributed by atoms with Crippen molar-refractivity contribution in [2.75, 3.05) is 13.2 Å². The lowest BCUT2D eigenvalue weighted by molar-refractivity contribution is 0.322. The number of aryl methyl sites for hydroxylation is 2. The van der Waals surface area contributed by atoms with E-state index in [9.17, 15) is 8.42 Å². The summed E-state index contributed by atoms with van der Waals surface area (Å²) < 4.78 is 32.3. The van der Waals surface area contributed by atoms with Crippen molar-refractivity contribution in [1.29, 1.82) is 0 Å². The van der Waals surface area contributed by atoms with Gasteiger partial charge in [-0.25, -0.2) is 13.1 Å². The van der Waals surface area contributed by atoms with Crippen LogP contribution in [0, 0.1) is 6.92 Å². The lowest BCUT2D eigenvalue weighted by Gasteiger charge is -2.09. The Morgan fingerprint density at radius 3 is 2.45 bits per heavy atom. The molecule has 0 amide bonds. The minimum absolute atomic E-state index is 0.228. The first-order valence-corrected chi connectivity index (χ1v) is 8.77. The van der Waals surface area contributed by atoms with E-state index in [0.29, 0.717) is 0 Å². The van der Waals surface area contributed by atoms with Crippen molar-refractivity contribution in [2.24, 2.45) is 0 Å². The van der Waals surface area contributed by atoms with Crippen LogP contribution >= 0.6 is 0 Å². The molecule has 0 unspecified atom stereocenters. The second-order valence-corrected chi connectivity index (χ2v) is 6.83. The first-order valence-electron chi connectivity index (χ1n) is 7.29. The van der Waals surface area contributed by atoms with Crippen LogP contribution in [0.5, 0.6) is 5.75 Å². The molecule has 0 fully saturated rings. The van der Waals surface area contributed by atoms with Gasteiger partial charge < -0.3 is 4.74 Å². The summed E-state index contributed by atoms with van der Waals surface area (Å²) in [5.41, 5.74) is 2.22. The van der Waals surface area contributed by atoms with Crippen molar-refractivity contribution in [3.05, 3.63) is 59.7 Å². The Balaban J connectivity index is 1.87. The molecule has 0 radical (unpaired) electrons. The third kappa shape index (κ3) is 4.58. The van der Waals surface area contributed by atoms with E-state index in [4.69, 9.17) is 4.74 Å². The Labute approximate surface area is 132 Å². The van der Waals surface area contributed by atoms with Gasteiger partial charge in [-0.05, 0) is 48.7 Å². The summed E-state index contributed by atoms with van der Waals surface area (Å²) in [7, 11) is -3.48. The van der Waals surface area contributed by atoms with Crippen LogP contribution in [-0.4, -0.2) is 21.6 Å². The minimum atomic E-state index is -3.48. The summed E-state index contributed by atoms with van der Waals surface area (Å²) in [4.78, 5) is 0.278. The molecular weight excluding hydrogens is 298 g/mol. The summed E-state index contributed by atoms with van der Waals surface area (Å²) in [6.07, 6.45) is 0.887. The maximum Gasteiger partial charge on any atom is 0.240 e. The van der Waals surface area contributed by atoms with E-state index >= 15 is 0 Å². The monoisotopic (exact) mass is 319 g/mol. The zero-order chi connectivity index (χ0) is 16.0. The van der Waals surface area contributed by atoms with E-state index in [1.54, 1.807) is 12.1 Å². The topological polar surface area (TPSA) is 55.4 Å². The van der Waals surface area contributed by atoms with Gasteiger partial charge in [-0.15, -0.1) is 0 Å². The highest BCUT2D eigenvalue weighted by Crippen LogP contribution is 2.13. The zero-order valence-corrected chi connectivity index (χ0v) is 13.7. The molecule has 0 bridgehead atoms. The standard InChI is InChI=1S/C17H21NO3S/c1-3-15-7-9-17(10-8-15)22(19,20)18-11-12-21-16-6-4-5-14(2)13-16/h4-10,13,18H,3,11-12H2,1-2H3. The fraction of sp³-hybridized carbons (Fsp3) is 0.294. The molecule has 22 heavy (non-hydrogen) atoms. The summed E-state index contributed by atoms with van der Waals surface area (Å²) in [6, 6.07) is 14.6. The lowest BCUT2D eigenvalue weighted by Crippen LogP contribution is -2.28. The maximum absolute atomic E-state index is 12.1. The summed E-state index contributed by atoms with van der Waals surface area (Å²) in [5, 5.41) is 0. The predicted octanol–water partition coefficient (Wildman–Crippen LogP) is 2.91. The molecule has 5 heteroatoms. The van der Waals surface area contributed by atoms with Gasteiger partial charge in [0.15, 0.2) is 0 Å². The molecule has 0 aliphatic rings. The van der Waals surface area contributed by atoms with Crippen molar-refractivity contribution in [3.63, 3.8) is 0 Å². The molecule has 2 aromatic rings. The fourth-order valence-electron chi connectivity index (χ4n) is 2.04. The molecule has 0 saturated heterocycles. The Kier molecular flexibility index (Phi) is 5.57. The van der Waals surface area contributed by atoms with Crippen LogP contribution in [0.25, 0.3) is 0 Å². The number of ether oxygens (including phenoxy) is 1. The first-order chi connectivity index (χ1) is 10.5. The van der Waals surface area contributed by atoms with Crippen molar-refractivity contribution in [1.82, 2.24) is 4.72 Å². The molecule has 0 spiro atoms. The molecule has 0 atom stereocenters. The molecule has 118 valence electrons. The van der Waals surface area contributed by atoms with Gasteiger partial charge in [-0.2, -0.15) is 0 Å². The highest BCUT2D eigenvalue weighted by atomic mass is 32.2. The molecule has 2 aromatic carbocycles. The highest BCUT2D eigenvalue weighted by Gasteiger charge is 2.12. The molecular formula is C17H21NO3S. The zero-order valence-electron chi connectivity index (χ0n) is 12.9. The predicted molar refractivity (Wildman–Crippen MR) is 87.7 cm³/mol. The second kappa shape index (κ2) is 7.42. The van der Waals surface area contributed by atoms with Crippen molar-refractivity contribution in [2.45, 2.75) is 25.2 Å². The number of hydrogen-bond donors (Lipinski definition) is 1. The van der Waals surface area contributed by atoms with E-state index in [-0.39, 0.29) is 18.0 Å². The molecule has 0 aromatic heterocycles. The molecule has 0 aliphatic carbocycles. The number of hydrogen-bond acceptors (Lipinski definition) is 3. The van der Waals surface area contributed by atoms with E-state index in [1.165, 1.54) is 0 Å². The third-order valence-corrected chi connectivity index (χ3v) is 4.77. The van der Waals surface area contributed by atoms with E-state index < -0.39 is 10.0 Å². The highest BCUT2D eigenvalue weighted by molar-refractivity contribution is 7.89. The van der Waals surface area contributed by atoms with Gasteiger partial charge >= 0.3 is 0 Å². The number of rotatable bonds is 7. The van der Waals surface area contributed by atoms with Crippen LogP contribution in [0.15, 0.2) is 53.4 Å². The van der Waals surface area contributed by atoms with Crippen molar-refractivity contribution >= 4 is 10.0 Å². The molecule has 0 saturated carbocycles. The van der Waals surface area contributed by atoms with Crippen LogP contribution in [0.4, 0.5) is 0 Å². The van der Waals surface area contributed by atoms with Gasteiger partial charge in [0.25, 0.3) is 0 Å². The lowest BCUT2D eigenvalue weighted by atomic mass is 10.2. The van der Waals surface area contributed by atoms with E-state index in [1.807, 2.05) is 50.2 Å². The quantitative estimate of drug-likeness (QED) is 0.798. The SMILES string of the molecule is CCc1ccc(S(=O)(=O)NCCOc2cccc(C)c2)cc1. The molecule has 0 heterocycles. The van der Waals surface area contributed by atoms with Crippen LogP contribution in [0.3, 0.4) is 0 Å². The molecule has 4 nitrogen and oxygen atoms in total. The summed E-state index contributed by atoms with van der Waals surface area (Å²) in [6.45, 7) is 4.53. The van der Waals surface area contributed by atoms with Gasteiger partial charge in [0.2, 0.25) is 10.0 Å². The van der Waals surface area contributed by atoms with Crippen LogP contribution < -0.4 is 9.46 Å². The van der Waals surface area contributed by atoms with E-state index in [2.05, 4.69) is 4.72 Å². The van der Waals surface area contributed by atoms with Gasteiger partial charge in [-0.3, -0.25) is 0 Å². The third-order valence-electron chi connectivity index (χ3n) is 3.29. The molecule has 0 aliphatic heterocycles. The van der Waals surface area contributed by atoms with Gasteiger partial charge in [0.05, 0.1) is 4.90 Å². The Morgan fingerprint density at radius 2 is 1.82 bits per heavy atom. The molecule has 2 rings (SSSR count). The van der Waals surface area contributed by atoms with Crippen LogP contribution in [0.1, 0.15) is 18.1 Å². The Bertz CT molecular complexity index is 709. The smallest absolute Gasteiger partial charge is 0.240 e. The fourth-order valence-corrected chi connectivity index (χ4v) is 3.05. The Morgan fingerprint density at radius 1 is 1.09 bits per heavy atom. The largest absolute Gasteiger partial charge is 0.492 e. The summed E-state index contributed by atoms with van der Waals surface area (Å²) in [5.74, 6) is 0.742. The Hall–Kier alpha value is -1.85. The number of nitrogens with one attached hydrogen (secondary N) is 1. The second-order valence-electron chi connectivity index (χ2n) is 5.06. The van der Waals surface area contributed by atoms with Crippen LogP contribution in [-0.2, 0) is 16.4 Å². The van der Waals surface area contributed by atoms with Crippen molar-refractivity contribution < 1.29 is 13.2 Å². The van der Waals surface area contributed by atoms with Gasteiger partial charge in [0.1, 0.15) is 12.4 Å². The van der Waals surface area contributed by atoms with Gasteiger partial charge in [0, 0.05) is 6.54 Å². The molecule has 1 N–H and O–H groups in total. The average Bonchev–Trinajstić information content (AvgIpc) is 2.52. The normalized spacial score (nSPS) is 11.4.